The molecule has 4 saturated heterocycles. The summed E-state index contributed by atoms with van der Waals surface area (Å²) in [5, 5.41) is 20.1. The Morgan fingerprint density at radius 1 is 0.387 bits per heavy atom. The summed E-state index contributed by atoms with van der Waals surface area (Å²) in [4.78, 5) is 159. The predicted molar refractivity (Wildman–Crippen MR) is 377 cm³/mol. The zero-order valence-electron chi connectivity index (χ0n) is 56.0. The third-order valence-corrected chi connectivity index (χ3v) is 26.4. The van der Waals surface area contributed by atoms with E-state index in [1.165, 1.54) is 97.8 Å². The molecule has 12 rings (SSSR count). The largest absolute Gasteiger partial charge is 0.472 e. The average molecular weight is 1640 g/mol. The number of aryl methyl sites for hydroxylation is 4. The van der Waals surface area contributed by atoms with Crippen molar-refractivity contribution in [3.8, 4) is 29.3 Å². The fourth-order valence-corrected chi connectivity index (χ4v) is 20.0. The first-order chi connectivity index (χ1) is 50.2. The Bertz CT molecular complexity index is 4950. The van der Waals surface area contributed by atoms with Crippen molar-refractivity contribution in [3.63, 3.8) is 0 Å². The van der Waals surface area contributed by atoms with E-state index in [9.17, 15) is 86.4 Å². The molecule has 4 unspecified atom stereocenters. The van der Waals surface area contributed by atoms with E-state index in [0.29, 0.717) is 0 Å². The Hall–Kier alpha value is -6.28. The van der Waals surface area contributed by atoms with Crippen LogP contribution in [-0.2, 0) is 86.2 Å². The molecule has 4 aliphatic heterocycles. The van der Waals surface area contributed by atoms with Crippen LogP contribution >= 0.6 is 76.6 Å². The maximum Gasteiger partial charge on any atom is 0.472 e. The van der Waals surface area contributed by atoms with Gasteiger partial charge in [-0.3, -0.25) is 93.6 Å². The molecule has 0 aliphatic carbocycles. The molecule has 12 heterocycles. The van der Waals surface area contributed by atoms with E-state index in [1.807, 2.05) is 48.5 Å². The number of hydrogen-bond acceptors (Lipinski definition) is 30. The molecule has 0 bridgehead atoms. The molecular weight excluding hydrogens is 1560 g/mol. The number of aromatic nitrogens is 8. The SMILES string of the molecule is Cc1cn([C@H]2C[C@H](OP(=O)(O)OC[C@H]3O[C@@H](n4cc(C)c(=O)[nH]c4=O)C[C@@H]3OP(=O)(O)OCCc3ccc(-c4ccc(-c5ccc(-c6ccc(CCOP(=O)(O)O[C@H]7C[C@H](n8cc(C)c(=O)[nH]c8=O)O[C@@H]7COP(=O)(O)O[C@H]7C[C@H](n8cc(C)c(=O)[nH]c8=O)O[C@@H]7CO)s6)s5)s4)s3)[C@@H](CO)O2)c(=O)[nH]c1=O. The van der Waals surface area contributed by atoms with Crippen LogP contribution in [-0.4, -0.2) is 156 Å². The maximum atomic E-state index is 13.6. The third-order valence-electron chi connectivity index (χ3n) is 17.3. The molecule has 16 atom stereocenters. The third kappa shape index (κ3) is 18.9. The van der Waals surface area contributed by atoms with Crippen LogP contribution in [0, 0.1) is 27.7 Å². The van der Waals surface area contributed by atoms with Crippen LogP contribution in [0.15, 0.2) is 112 Å². The van der Waals surface area contributed by atoms with Gasteiger partial charge in [-0.25, -0.2) is 37.4 Å². The van der Waals surface area contributed by atoms with Gasteiger partial charge in [0.05, 0.1) is 39.6 Å². The predicted octanol–water partition coefficient (Wildman–Crippen LogP) is 4.60. The zero-order valence-corrected chi connectivity index (χ0v) is 62.9. The molecule has 0 amide bonds. The van der Waals surface area contributed by atoms with Gasteiger partial charge in [-0.2, -0.15) is 0 Å². The van der Waals surface area contributed by atoms with Crippen LogP contribution in [0.2, 0.25) is 0 Å². The molecule has 8 aromatic heterocycles. The fourth-order valence-electron chi connectivity index (χ4n) is 11.9. The summed E-state index contributed by atoms with van der Waals surface area (Å²) in [7, 11) is -20.2. The molecule has 106 heavy (non-hydrogen) atoms. The van der Waals surface area contributed by atoms with E-state index in [2.05, 4.69) is 19.9 Å². The van der Waals surface area contributed by atoms with Gasteiger partial charge in [-0.1, -0.05) is 0 Å². The molecule has 8 aromatic rings. The highest BCUT2D eigenvalue weighted by Crippen LogP contribution is 2.54. The van der Waals surface area contributed by atoms with E-state index >= 15 is 0 Å². The second-order valence-electron chi connectivity index (χ2n) is 24.8. The van der Waals surface area contributed by atoms with Gasteiger partial charge >= 0.3 is 54.0 Å². The van der Waals surface area contributed by atoms with Gasteiger partial charge in [0.15, 0.2) is 0 Å². The maximum absolute atomic E-state index is 13.6. The molecule has 0 radical (unpaired) electrons. The molecule has 10 N–H and O–H groups in total. The average Bonchev–Trinajstić information content (AvgIpc) is 1.63. The molecule has 46 heteroatoms. The standard InChI is InChI=1S/C60H70N8O30P4S4/c1-29-21-65(57(75)61-53(29)71)49-17-35(39(25-69)91-49)95-101(83,84)89-27-41-37(19-51(93-41)67-23-31(3)55(73)63-59(67)77)97-99(79,80)87-15-13-33-5-7-43(103-33)45-9-11-47(105-45)48-12-10-46(106-48)44-8-6-34(104-44)14-16-88-100(81,82)98-38-20-52(68-24-32(4)56(74)64-60(68)78)94-42(38)28-90-102(85,86)96-36-18-50(92-40(36)26-70)66-22-30(2)54(72)62-58(66)76/h5-12,21-24,35-42,49-52,69-70H,13-20,25-28H2,1-4H3,(H,79,80)(H,81,82)(H,83,84)(H,85,86)(H,61,71,75)(H,62,72,76)(H,63,73,77)(H,64,74,78)/t35-,36-,37-,38-,39+,40+,41+,42+,49+,50+,51+,52+/m0/s1. The number of nitrogens with zero attached hydrogens (tertiary/aromatic N) is 4. The lowest BCUT2D eigenvalue weighted by Crippen LogP contribution is -2.33. The van der Waals surface area contributed by atoms with Gasteiger partial charge in [0.2, 0.25) is 0 Å². The van der Waals surface area contributed by atoms with Crippen LogP contribution in [0.3, 0.4) is 0 Å². The fraction of sp³-hybridized carbons (Fsp3) is 0.467. The van der Waals surface area contributed by atoms with Crippen molar-refractivity contribution < 1.29 is 103 Å². The molecule has 574 valence electrons. The van der Waals surface area contributed by atoms with Crippen molar-refractivity contribution in [2.45, 2.75) is 140 Å². The van der Waals surface area contributed by atoms with E-state index < -0.39 is 176 Å². The van der Waals surface area contributed by atoms with E-state index in [0.717, 1.165) is 57.3 Å². The molecule has 4 fully saturated rings. The smallest absolute Gasteiger partial charge is 0.394 e. The number of aliphatic hydroxyl groups excluding tert-OH is 2. The first-order valence-electron chi connectivity index (χ1n) is 32.3. The Morgan fingerprint density at radius 2 is 0.632 bits per heavy atom. The Labute approximate surface area is 612 Å². The highest BCUT2D eigenvalue weighted by molar-refractivity contribution is 7.48. The van der Waals surface area contributed by atoms with Gasteiger partial charge in [0.25, 0.3) is 22.2 Å². The summed E-state index contributed by atoms with van der Waals surface area (Å²) >= 11 is 5.91. The summed E-state index contributed by atoms with van der Waals surface area (Å²) < 4.78 is 125. The number of nitrogens with one attached hydrogen (secondary N) is 4. The summed E-state index contributed by atoms with van der Waals surface area (Å²) in [6, 6.07) is 15.4. The molecule has 4 aliphatic rings. The van der Waals surface area contributed by atoms with Gasteiger partial charge in [-0.15, -0.1) is 45.3 Å². The first-order valence-corrected chi connectivity index (χ1v) is 41.6. The summed E-state index contributed by atoms with van der Waals surface area (Å²) in [6.45, 7) is 2.02. The lowest BCUT2D eigenvalue weighted by molar-refractivity contribution is -0.0577. The number of aliphatic hydroxyl groups is 2. The van der Waals surface area contributed by atoms with Gasteiger partial charge in [0, 0.05) is 125 Å². The zero-order chi connectivity index (χ0) is 75.9. The number of rotatable bonds is 31. The van der Waals surface area contributed by atoms with Crippen molar-refractivity contribution in [2.75, 3.05) is 39.6 Å². The van der Waals surface area contributed by atoms with E-state index in [4.69, 9.17) is 55.1 Å². The minimum atomic E-state index is -5.12. The van der Waals surface area contributed by atoms with Crippen molar-refractivity contribution in [2.24, 2.45) is 0 Å². The van der Waals surface area contributed by atoms with E-state index in [1.54, 1.807) is 0 Å². The number of ether oxygens (including phenoxy) is 4. The second-order valence-corrected chi connectivity index (χ2v) is 34.9. The normalized spacial score (nSPS) is 25.6. The summed E-state index contributed by atoms with van der Waals surface area (Å²) in [5.41, 5.74) is -5.55. The van der Waals surface area contributed by atoms with Crippen molar-refractivity contribution in [1.29, 1.82) is 0 Å². The Balaban J connectivity index is 0.623. The molecule has 0 saturated carbocycles. The topological polar surface area (TPSA) is 520 Å². The lowest BCUT2D eigenvalue weighted by Gasteiger charge is -2.23. The quantitative estimate of drug-likeness (QED) is 0.0265. The van der Waals surface area contributed by atoms with Gasteiger partial charge in [-0.05, 0) is 76.2 Å². The lowest BCUT2D eigenvalue weighted by atomic mass is 10.2. The molecule has 0 spiro atoms. The van der Waals surface area contributed by atoms with Crippen LogP contribution < -0.4 is 45.0 Å². The summed E-state index contributed by atoms with van der Waals surface area (Å²) in [5.74, 6) is 0. The van der Waals surface area contributed by atoms with Gasteiger partial charge < -0.3 is 48.7 Å². The van der Waals surface area contributed by atoms with Gasteiger partial charge in [0.1, 0.15) is 73.7 Å². The number of hydrogen-bond donors (Lipinski definition) is 10. The number of aromatic amines is 4. The van der Waals surface area contributed by atoms with Crippen LogP contribution in [0.5, 0.6) is 0 Å². The highest BCUT2D eigenvalue weighted by atomic mass is 32.1. The highest BCUT2D eigenvalue weighted by Gasteiger charge is 2.48. The molecule has 38 nitrogen and oxygen atoms in total. The van der Waals surface area contributed by atoms with Crippen molar-refractivity contribution >= 4 is 76.6 Å². The minimum Gasteiger partial charge on any atom is -0.394 e. The van der Waals surface area contributed by atoms with Crippen molar-refractivity contribution in [3.05, 3.63) is 189 Å². The molecular formula is C60H70N8O30P4S4. The van der Waals surface area contributed by atoms with E-state index in [-0.39, 0.29) is 74.0 Å². The monoisotopic (exact) mass is 1630 g/mol. The Kier molecular flexibility index (Phi) is 24.5. The minimum absolute atomic E-state index is 0.116. The number of H-pyrrole nitrogens is 4. The van der Waals surface area contributed by atoms with Crippen molar-refractivity contribution in [1.82, 2.24) is 38.2 Å². The number of phosphoric acid groups is 4. The second kappa shape index (κ2) is 32.7. The number of thiophene rings is 4. The Morgan fingerprint density at radius 3 is 0.915 bits per heavy atom. The van der Waals surface area contributed by atoms with Crippen LogP contribution in [0.4, 0.5) is 0 Å². The first kappa shape index (κ1) is 79.3. The van der Waals surface area contributed by atoms with Crippen LogP contribution in [0.1, 0.15) is 82.6 Å². The molecule has 0 aromatic carbocycles. The number of phosphoric ester groups is 4. The summed E-state index contributed by atoms with van der Waals surface area (Å²) in [6.07, 6.45) is -11.6. The van der Waals surface area contributed by atoms with Crippen LogP contribution in [0.25, 0.3) is 29.3 Å².